The maximum absolute atomic E-state index is 12.7. The Labute approximate surface area is 189 Å². The minimum atomic E-state index is -1.13. The third-order valence-electron chi connectivity index (χ3n) is 4.42. The molecule has 1 aliphatic rings. The molecule has 8 heteroatoms. The molecule has 0 aliphatic carbocycles. The molecule has 0 bridgehead atoms. The Morgan fingerprint density at radius 1 is 1.13 bits per heavy atom. The molecule has 1 heterocycles. The lowest BCUT2D eigenvalue weighted by atomic mass is 10.1. The predicted molar refractivity (Wildman–Crippen MR) is 127 cm³/mol. The van der Waals surface area contributed by atoms with Crippen LogP contribution in [0.4, 0.5) is 5.69 Å². The summed E-state index contributed by atoms with van der Waals surface area (Å²) in [6.07, 6.45) is 3.75. The van der Waals surface area contributed by atoms with Gasteiger partial charge in [-0.1, -0.05) is 72.5 Å². The summed E-state index contributed by atoms with van der Waals surface area (Å²) in [6, 6.07) is 15.9. The number of carboxylic acid groups (broad SMARTS) is 1. The first-order valence-electron chi connectivity index (χ1n) is 9.46. The van der Waals surface area contributed by atoms with Crippen molar-refractivity contribution in [3.05, 3.63) is 82.3 Å². The van der Waals surface area contributed by atoms with Gasteiger partial charge in [-0.3, -0.25) is 14.5 Å². The molecule has 1 fully saturated rings. The van der Waals surface area contributed by atoms with Crippen molar-refractivity contribution in [1.82, 2.24) is 4.90 Å². The summed E-state index contributed by atoms with van der Waals surface area (Å²) in [5.41, 5.74) is 2.16. The fraction of sp³-hybridized carbons (Fsp3) is 0.130. The molecule has 0 radical (unpaired) electrons. The quantitative estimate of drug-likeness (QED) is 0.473. The Kier molecular flexibility index (Phi) is 7.38. The fourth-order valence-corrected chi connectivity index (χ4v) is 4.32. The molecular weight excluding hydrogens is 432 g/mol. The molecule has 6 nitrogen and oxygen atoms in total. The van der Waals surface area contributed by atoms with Crippen LogP contribution in [0.3, 0.4) is 0 Å². The molecule has 2 aromatic carbocycles. The summed E-state index contributed by atoms with van der Waals surface area (Å²) >= 11 is 6.51. The maximum atomic E-state index is 12.7. The number of amides is 2. The molecule has 0 aromatic heterocycles. The summed E-state index contributed by atoms with van der Waals surface area (Å²) < 4.78 is 0.391. The number of benzene rings is 2. The molecular formula is C23H20N2O4S2. The van der Waals surface area contributed by atoms with E-state index in [1.165, 1.54) is 28.8 Å². The van der Waals surface area contributed by atoms with Gasteiger partial charge in [0.1, 0.15) is 4.32 Å². The number of anilines is 1. The van der Waals surface area contributed by atoms with E-state index in [9.17, 15) is 19.5 Å². The number of aromatic carboxylic acids is 1. The number of carbonyl (C=O) groups is 3. The van der Waals surface area contributed by atoms with Crippen LogP contribution in [-0.2, 0) is 9.59 Å². The summed E-state index contributed by atoms with van der Waals surface area (Å²) in [6.45, 7) is 2.03. The summed E-state index contributed by atoms with van der Waals surface area (Å²) in [5.74, 6) is -1.77. The van der Waals surface area contributed by atoms with Gasteiger partial charge in [0.05, 0.1) is 16.2 Å². The number of para-hydroxylation sites is 1. The first-order valence-corrected chi connectivity index (χ1v) is 10.7. The lowest BCUT2D eigenvalue weighted by molar-refractivity contribution is -0.122. The lowest BCUT2D eigenvalue weighted by Crippen LogP contribution is -2.31. The minimum absolute atomic E-state index is 0.00470. The number of carbonyl (C=O) groups excluding carboxylic acids is 2. The first-order chi connectivity index (χ1) is 14.8. The monoisotopic (exact) mass is 452 g/mol. The van der Waals surface area contributed by atoms with E-state index in [2.05, 4.69) is 5.32 Å². The highest BCUT2D eigenvalue weighted by atomic mass is 32.2. The van der Waals surface area contributed by atoms with Gasteiger partial charge in [-0.05, 0) is 36.3 Å². The molecule has 3 rings (SSSR count). The zero-order valence-corrected chi connectivity index (χ0v) is 18.3. The smallest absolute Gasteiger partial charge is 0.337 e. The second-order valence-electron chi connectivity index (χ2n) is 6.78. The number of rotatable bonds is 7. The predicted octanol–water partition coefficient (Wildman–Crippen LogP) is 4.56. The number of carboxylic acids is 1. The van der Waals surface area contributed by atoms with Gasteiger partial charge in [-0.25, -0.2) is 4.79 Å². The van der Waals surface area contributed by atoms with Crippen LogP contribution in [0, 0.1) is 0 Å². The molecule has 1 saturated heterocycles. The molecule has 0 atom stereocenters. The molecule has 2 N–H and O–H groups in total. The summed E-state index contributed by atoms with van der Waals surface area (Å²) in [5, 5.41) is 11.8. The van der Waals surface area contributed by atoms with Crippen LogP contribution in [-0.4, -0.2) is 38.7 Å². The van der Waals surface area contributed by atoms with Crippen LogP contribution in [0.2, 0.25) is 0 Å². The Morgan fingerprint density at radius 2 is 1.81 bits per heavy atom. The number of thioether (sulfide) groups is 1. The third kappa shape index (κ3) is 5.90. The molecule has 158 valence electrons. The molecule has 2 amide bonds. The van der Waals surface area contributed by atoms with Crippen molar-refractivity contribution in [3.63, 3.8) is 0 Å². The van der Waals surface area contributed by atoms with Crippen molar-refractivity contribution in [2.75, 3.05) is 11.9 Å². The highest BCUT2D eigenvalue weighted by Crippen LogP contribution is 2.32. The lowest BCUT2D eigenvalue weighted by Gasteiger charge is -2.14. The number of hydrogen-bond acceptors (Lipinski definition) is 5. The molecule has 2 aromatic rings. The van der Waals surface area contributed by atoms with Crippen LogP contribution in [0.25, 0.3) is 6.08 Å². The third-order valence-corrected chi connectivity index (χ3v) is 5.80. The highest BCUT2D eigenvalue weighted by Gasteiger charge is 2.32. The van der Waals surface area contributed by atoms with Gasteiger partial charge in [0.2, 0.25) is 5.91 Å². The van der Waals surface area contributed by atoms with Crippen LogP contribution < -0.4 is 5.32 Å². The highest BCUT2D eigenvalue weighted by molar-refractivity contribution is 8.26. The van der Waals surface area contributed by atoms with Crippen molar-refractivity contribution < 1.29 is 19.5 Å². The standard InChI is InChI=1S/C23H20N2O4S2/c1-15(13-16-7-3-2-4-8-16)14-19-21(27)25(23(30)31-19)12-11-20(26)24-18-10-6-5-9-17(18)22(28)29/h2-10,13-14H,11-12H2,1H3,(H,24,26)(H,28,29)/b15-13+,19-14+. The van der Waals surface area contributed by atoms with E-state index >= 15 is 0 Å². The Balaban J connectivity index is 1.62. The molecule has 1 aliphatic heterocycles. The average molecular weight is 453 g/mol. The number of hydrogen-bond donors (Lipinski definition) is 2. The number of nitrogens with zero attached hydrogens (tertiary/aromatic N) is 1. The normalized spacial score (nSPS) is 15.5. The van der Waals surface area contributed by atoms with E-state index in [0.717, 1.165) is 11.1 Å². The maximum Gasteiger partial charge on any atom is 0.337 e. The zero-order chi connectivity index (χ0) is 22.4. The number of allylic oxidation sites excluding steroid dienone is 2. The summed E-state index contributed by atoms with van der Waals surface area (Å²) in [7, 11) is 0. The van der Waals surface area contributed by atoms with Gasteiger partial charge in [-0.2, -0.15) is 0 Å². The van der Waals surface area contributed by atoms with E-state index in [1.54, 1.807) is 18.2 Å². The largest absolute Gasteiger partial charge is 0.478 e. The minimum Gasteiger partial charge on any atom is -0.478 e. The van der Waals surface area contributed by atoms with Crippen molar-refractivity contribution in [2.45, 2.75) is 13.3 Å². The van der Waals surface area contributed by atoms with E-state index in [1.807, 2.05) is 43.3 Å². The van der Waals surface area contributed by atoms with E-state index in [0.29, 0.717) is 9.23 Å². The Morgan fingerprint density at radius 3 is 2.52 bits per heavy atom. The zero-order valence-electron chi connectivity index (χ0n) is 16.7. The Hall–Kier alpha value is -3.23. The second-order valence-corrected chi connectivity index (χ2v) is 8.46. The van der Waals surface area contributed by atoms with E-state index < -0.39 is 11.9 Å². The van der Waals surface area contributed by atoms with Crippen LogP contribution >= 0.6 is 24.0 Å². The Bertz CT molecular complexity index is 1090. The van der Waals surface area contributed by atoms with Gasteiger partial charge >= 0.3 is 5.97 Å². The van der Waals surface area contributed by atoms with Crippen molar-refractivity contribution >= 4 is 57.8 Å². The SMILES string of the molecule is CC(=C\c1ccccc1)/C=C1/SC(=S)N(CCC(=O)Nc2ccccc2C(=O)O)C1=O. The van der Waals surface area contributed by atoms with Crippen LogP contribution in [0.5, 0.6) is 0 Å². The van der Waals surface area contributed by atoms with Gasteiger partial charge in [0.25, 0.3) is 5.91 Å². The molecule has 0 unspecified atom stereocenters. The van der Waals surface area contributed by atoms with Crippen molar-refractivity contribution in [3.8, 4) is 0 Å². The van der Waals surface area contributed by atoms with Crippen LogP contribution in [0.15, 0.2) is 71.2 Å². The van der Waals surface area contributed by atoms with Crippen molar-refractivity contribution in [2.24, 2.45) is 0 Å². The fourth-order valence-electron chi connectivity index (χ4n) is 2.96. The summed E-state index contributed by atoms with van der Waals surface area (Å²) in [4.78, 5) is 38.2. The van der Waals surface area contributed by atoms with Gasteiger partial charge in [0.15, 0.2) is 0 Å². The number of nitrogens with one attached hydrogen (secondary N) is 1. The van der Waals surface area contributed by atoms with Gasteiger partial charge in [-0.15, -0.1) is 0 Å². The second kappa shape index (κ2) is 10.2. The number of thiocarbonyl (C=S) groups is 1. The van der Waals surface area contributed by atoms with Gasteiger partial charge < -0.3 is 10.4 Å². The first kappa shape index (κ1) is 22.5. The van der Waals surface area contributed by atoms with Gasteiger partial charge in [0, 0.05) is 13.0 Å². The van der Waals surface area contributed by atoms with Crippen LogP contribution in [0.1, 0.15) is 29.3 Å². The van der Waals surface area contributed by atoms with Crippen molar-refractivity contribution in [1.29, 1.82) is 0 Å². The van der Waals surface area contributed by atoms with E-state index in [-0.39, 0.29) is 30.1 Å². The molecule has 31 heavy (non-hydrogen) atoms. The van der Waals surface area contributed by atoms with E-state index in [4.69, 9.17) is 12.2 Å². The molecule has 0 saturated carbocycles. The molecule has 0 spiro atoms. The average Bonchev–Trinajstić information content (AvgIpc) is 2.99. The topological polar surface area (TPSA) is 86.7 Å².